The van der Waals surface area contributed by atoms with Crippen molar-refractivity contribution in [1.82, 2.24) is 0 Å². The van der Waals surface area contributed by atoms with E-state index in [0.717, 1.165) is 22.3 Å². The third-order valence-electron chi connectivity index (χ3n) is 4.75. The summed E-state index contributed by atoms with van der Waals surface area (Å²) in [7, 11) is 0. The zero-order chi connectivity index (χ0) is 17.4. The molecule has 0 radical (unpaired) electrons. The van der Waals surface area contributed by atoms with Gasteiger partial charge in [-0.15, -0.1) is 0 Å². The Morgan fingerprint density at radius 3 is 2.61 bits per heavy atom. The van der Waals surface area contributed by atoms with Crippen molar-refractivity contribution in [2.45, 2.75) is 34.3 Å². The van der Waals surface area contributed by atoms with Crippen LogP contribution in [-0.4, -0.2) is 5.97 Å². The fourth-order valence-electron chi connectivity index (χ4n) is 3.12. The van der Waals surface area contributed by atoms with E-state index in [1.54, 1.807) is 6.08 Å². The second kappa shape index (κ2) is 6.70. The Morgan fingerprint density at radius 2 is 2.04 bits per heavy atom. The van der Waals surface area contributed by atoms with Gasteiger partial charge >= 0.3 is 5.97 Å². The highest BCUT2D eigenvalue weighted by atomic mass is 35.5. The molecule has 4 heteroatoms. The molecule has 0 aromatic heterocycles. The molecule has 0 N–H and O–H groups in total. The maximum atomic E-state index is 12.4. The molecule has 1 saturated carbocycles. The number of halogens is 2. The van der Waals surface area contributed by atoms with E-state index in [1.165, 1.54) is 0 Å². The fraction of sp³-hybridized carbons (Fsp3) is 0.421. The molecule has 23 heavy (non-hydrogen) atoms. The minimum atomic E-state index is -0.203. The van der Waals surface area contributed by atoms with E-state index in [1.807, 2.05) is 45.9 Å². The molecule has 0 bridgehead atoms. The molecule has 1 aromatic rings. The molecule has 0 saturated heterocycles. The molecule has 2 atom stereocenters. The topological polar surface area (TPSA) is 26.3 Å². The average Bonchev–Trinajstić information content (AvgIpc) is 2.97. The Morgan fingerprint density at radius 1 is 1.39 bits per heavy atom. The molecule has 0 amide bonds. The monoisotopic (exact) mass is 352 g/mol. The van der Waals surface area contributed by atoms with Crippen LogP contribution in [0.3, 0.4) is 0 Å². The molecular formula is C19H22Cl2O2. The highest BCUT2D eigenvalue weighted by molar-refractivity contribution is 6.55. The van der Waals surface area contributed by atoms with Gasteiger partial charge in [0.2, 0.25) is 0 Å². The van der Waals surface area contributed by atoms with Crippen LogP contribution in [-0.2, 0) is 16.1 Å². The van der Waals surface area contributed by atoms with Gasteiger partial charge in [0.25, 0.3) is 0 Å². The first-order valence-electron chi connectivity index (χ1n) is 7.60. The Bertz CT molecular complexity index is 670. The molecular weight excluding hydrogens is 331 g/mol. The van der Waals surface area contributed by atoms with Crippen LogP contribution in [0.4, 0.5) is 0 Å². The van der Waals surface area contributed by atoms with E-state index in [-0.39, 0.29) is 34.3 Å². The Balaban J connectivity index is 2.05. The van der Waals surface area contributed by atoms with Gasteiger partial charge < -0.3 is 4.74 Å². The number of hydrogen-bond donors (Lipinski definition) is 0. The summed E-state index contributed by atoms with van der Waals surface area (Å²) in [6.07, 6.45) is 1.72. The summed E-state index contributed by atoms with van der Waals surface area (Å²) in [6, 6.07) is 5.95. The number of benzene rings is 1. The fourth-order valence-corrected chi connectivity index (χ4v) is 3.39. The summed E-state index contributed by atoms with van der Waals surface area (Å²) in [5.41, 5.74) is 4.03. The maximum Gasteiger partial charge on any atom is 0.310 e. The highest BCUT2D eigenvalue weighted by Crippen LogP contribution is 2.60. The molecule has 1 aliphatic rings. The number of ether oxygens (including phenoxy) is 1. The predicted octanol–water partition coefficient (Wildman–Crippen LogP) is 5.66. The second-order valence-electron chi connectivity index (χ2n) is 6.76. The van der Waals surface area contributed by atoms with Crippen molar-refractivity contribution < 1.29 is 9.53 Å². The van der Waals surface area contributed by atoms with Crippen molar-refractivity contribution in [2.24, 2.45) is 17.3 Å². The summed E-state index contributed by atoms with van der Waals surface area (Å²) in [5.74, 6) is -0.367. The van der Waals surface area contributed by atoms with Crippen LogP contribution in [0.5, 0.6) is 0 Å². The van der Waals surface area contributed by atoms with E-state index < -0.39 is 0 Å². The minimum absolute atomic E-state index is 0.0304. The normalized spacial score (nSPS) is 21.5. The quantitative estimate of drug-likeness (QED) is 0.638. The number of hydrogen-bond acceptors (Lipinski definition) is 2. The number of esters is 1. The third kappa shape index (κ3) is 3.81. The van der Waals surface area contributed by atoms with Crippen molar-refractivity contribution in [3.8, 4) is 0 Å². The van der Waals surface area contributed by atoms with Crippen LogP contribution in [0.2, 0.25) is 0 Å². The lowest BCUT2D eigenvalue weighted by molar-refractivity contribution is -0.147. The van der Waals surface area contributed by atoms with Gasteiger partial charge in [0.15, 0.2) is 0 Å². The summed E-state index contributed by atoms with van der Waals surface area (Å²) >= 11 is 11.4. The van der Waals surface area contributed by atoms with Gasteiger partial charge in [0.05, 0.1) is 5.92 Å². The van der Waals surface area contributed by atoms with Gasteiger partial charge in [-0.2, -0.15) is 0 Å². The van der Waals surface area contributed by atoms with E-state index in [4.69, 9.17) is 27.9 Å². The number of allylic oxidation sites excluding steroid dienone is 2. The lowest BCUT2D eigenvalue weighted by Gasteiger charge is -2.12. The maximum absolute atomic E-state index is 12.4. The molecule has 1 fully saturated rings. The zero-order valence-corrected chi connectivity index (χ0v) is 15.5. The van der Waals surface area contributed by atoms with Gasteiger partial charge in [-0.25, -0.2) is 0 Å². The highest BCUT2D eigenvalue weighted by Gasteiger charge is 2.61. The molecule has 1 aromatic carbocycles. The second-order valence-corrected chi connectivity index (χ2v) is 7.77. The summed E-state index contributed by atoms with van der Waals surface area (Å²) < 4.78 is 5.73. The average molecular weight is 353 g/mol. The first-order valence-corrected chi connectivity index (χ1v) is 8.35. The Labute approximate surface area is 148 Å². The smallest absolute Gasteiger partial charge is 0.310 e. The molecule has 0 unspecified atom stereocenters. The van der Waals surface area contributed by atoms with Gasteiger partial charge in [0.1, 0.15) is 11.1 Å². The third-order valence-corrected chi connectivity index (χ3v) is 5.00. The van der Waals surface area contributed by atoms with Crippen LogP contribution < -0.4 is 0 Å². The molecule has 2 nitrogen and oxygen atoms in total. The zero-order valence-electron chi connectivity index (χ0n) is 14.0. The van der Waals surface area contributed by atoms with E-state index >= 15 is 0 Å². The molecule has 124 valence electrons. The van der Waals surface area contributed by atoms with Crippen LogP contribution in [0.1, 0.15) is 37.5 Å². The van der Waals surface area contributed by atoms with Crippen LogP contribution in [0, 0.1) is 24.2 Å². The Hall–Kier alpha value is -1.25. The molecule has 1 aliphatic carbocycles. The van der Waals surface area contributed by atoms with Crippen molar-refractivity contribution >= 4 is 34.7 Å². The summed E-state index contributed by atoms with van der Waals surface area (Å²) in [6.45, 7) is 12.3. The van der Waals surface area contributed by atoms with Crippen molar-refractivity contribution in [3.05, 3.63) is 52.0 Å². The van der Waals surface area contributed by atoms with E-state index in [2.05, 4.69) is 6.58 Å². The number of rotatable bonds is 5. The largest absolute Gasteiger partial charge is 0.461 e. The molecule has 2 rings (SSSR count). The van der Waals surface area contributed by atoms with Crippen LogP contribution in [0.25, 0.3) is 5.57 Å². The lowest BCUT2D eigenvalue weighted by atomic mass is 9.98. The first kappa shape index (κ1) is 18.1. The minimum Gasteiger partial charge on any atom is -0.461 e. The van der Waals surface area contributed by atoms with Crippen LogP contribution >= 0.6 is 23.2 Å². The van der Waals surface area contributed by atoms with Gasteiger partial charge in [-0.1, -0.05) is 67.4 Å². The number of carbonyl (C=O) groups excluding carboxylic acids is 1. The van der Waals surface area contributed by atoms with Crippen molar-refractivity contribution in [2.75, 3.05) is 0 Å². The molecule has 0 heterocycles. The van der Waals surface area contributed by atoms with E-state index in [9.17, 15) is 4.79 Å². The predicted molar refractivity (Wildman–Crippen MR) is 96.2 cm³/mol. The standard InChI is InChI=1S/C19H22Cl2O2/c1-11(2)14-8-6-7-13(12(14)3)10-23-18(22)17-15(9-16(20)21)19(17,4)5/h6-9,15,17H,1,10H2,2-5H3/t15-,17+/m0/s1. The summed E-state index contributed by atoms with van der Waals surface area (Å²) in [5, 5.41) is 0. The Kier molecular flexibility index (Phi) is 5.27. The molecule has 0 spiro atoms. The van der Waals surface area contributed by atoms with Crippen molar-refractivity contribution in [1.29, 1.82) is 0 Å². The first-order chi connectivity index (χ1) is 10.7. The van der Waals surface area contributed by atoms with Crippen LogP contribution in [0.15, 0.2) is 35.3 Å². The SMILES string of the molecule is C=C(C)c1cccc(COC(=O)[C@H]2[C@H](C=C(Cl)Cl)C2(C)C)c1C. The molecule has 0 aliphatic heterocycles. The van der Waals surface area contributed by atoms with Gasteiger partial charge in [0, 0.05) is 0 Å². The van der Waals surface area contributed by atoms with Gasteiger partial charge in [-0.05, 0) is 47.9 Å². The number of carbonyl (C=O) groups is 1. The van der Waals surface area contributed by atoms with Crippen molar-refractivity contribution in [3.63, 3.8) is 0 Å². The lowest BCUT2D eigenvalue weighted by Crippen LogP contribution is -2.11. The van der Waals surface area contributed by atoms with Gasteiger partial charge in [-0.3, -0.25) is 4.79 Å². The summed E-state index contributed by atoms with van der Waals surface area (Å²) in [4.78, 5) is 12.4. The van der Waals surface area contributed by atoms with E-state index in [0.29, 0.717) is 0 Å².